The van der Waals surface area contributed by atoms with Crippen LogP contribution in [0.3, 0.4) is 0 Å². The Morgan fingerprint density at radius 1 is 1.20 bits per heavy atom. The van der Waals surface area contributed by atoms with E-state index in [0.717, 1.165) is 30.2 Å². The van der Waals surface area contributed by atoms with Crippen LogP contribution in [0.4, 0.5) is 0 Å². The number of nitrogens with one attached hydrogen (secondary N) is 1. The van der Waals surface area contributed by atoms with Crippen molar-refractivity contribution in [3.05, 3.63) is 53.7 Å². The van der Waals surface area contributed by atoms with Crippen LogP contribution in [0.25, 0.3) is 0 Å². The van der Waals surface area contributed by atoms with Gasteiger partial charge in [0, 0.05) is 18.3 Å². The van der Waals surface area contributed by atoms with Crippen molar-refractivity contribution in [2.75, 3.05) is 7.05 Å². The zero-order valence-electron chi connectivity index (χ0n) is 8.73. The molecule has 0 aromatic carbocycles. The topological polar surface area (TPSA) is 38.1 Å². The molecule has 0 aliphatic rings. The van der Waals surface area contributed by atoms with E-state index in [-0.39, 0.29) is 0 Å². The Morgan fingerprint density at radius 3 is 2.80 bits per heavy atom. The van der Waals surface area contributed by atoms with E-state index in [2.05, 4.69) is 10.3 Å². The third kappa shape index (κ3) is 2.67. The summed E-state index contributed by atoms with van der Waals surface area (Å²) in [5.41, 5.74) is 1.03. The first-order valence-corrected chi connectivity index (χ1v) is 5.00. The van der Waals surface area contributed by atoms with Gasteiger partial charge in [-0.15, -0.1) is 0 Å². The molecule has 0 spiro atoms. The van der Waals surface area contributed by atoms with Crippen LogP contribution in [-0.4, -0.2) is 12.0 Å². The second-order valence-electron chi connectivity index (χ2n) is 3.40. The zero-order chi connectivity index (χ0) is 10.5. The van der Waals surface area contributed by atoms with Crippen molar-refractivity contribution in [1.29, 1.82) is 0 Å². The summed E-state index contributed by atoms with van der Waals surface area (Å²) in [5, 5.41) is 3.05. The lowest BCUT2D eigenvalue weighted by molar-refractivity contribution is 0.461. The highest BCUT2D eigenvalue weighted by molar-refractivity contribution is 5.15. The Bertz CT molecular complexity index is 409. The maximum atomic E-state index is 5.63. The van der Waals surface area contributed by atoms with Gasteiger partial charge in [-0.05, 0) is 31.3 Å². The number of hydrogen-bond donors (Lipinski definition) is 1. The van der Waals surface area contributed by atoms with Crippen LogP contribution in [0, 0.1) is 0 Å². The minimum atomic E-state index is 0.755. The monoisotopic (exact) mass is 202 g/mol. The fourth-order valence-electron chi connectivity index (χ4n) is 1.47. The third-order valence-corrected chi connectivity index (χ3v) is 2.15. The predicted octanol–water partition coefficient (Wildman–Crippen LogP) is 1.98. The van der Waals surface area contributed by atoms with Crippen molar-refractivity contribution in [2.24, 2.45) is 0 Å². The van der Waals surface area contributed by atoms with Gasteiger partial charge in [-0.3, -0.25) is 4.98 Å². The first-order valence-electron chi connectivity index (χ1n) is 5.00. The molecule has 1 N–H and O–H groups in total. The van der Waals surface area contributed by atoms with Crippen molar-refractivity contribution in [3.63, 3.8) is 0 Å². The van der Waals surface area contributed by atoms with Gasteiger partial charge in [0.2, 0.25) is 0 Å². The van der Waals surface area contributed by atoms with Crippen LogP contribution >= 0.6 is 0 Å². The van der Waals surface area contributed by atoms with Crippen LogP contribution in [0.15, 0.2) is 40.9 Å². The molecule has 0 radical (unpaired) electrons. The average Bonchev–Trinajstić information content (AvgIpc) is 2.68. The molecule has 0 atom stereocenters. The first kappa shape index (κ1) is 9.93. The molecular weight excluding hydrogens is 188 g/mol. The molecule has 2 heterocycles. The van der Waals surface area contributed by atoms with E-state index in [4.69, 9.17) is 4.42 Å². The summed E-state index contributed by atoms with van der Waals surface area (Å²) in [6.45, 7) is 0.766. The summed E-state index contributed by atoms with van der Waals surface area (Å²) in [5.74, 6) is 1.92. The Hall–Kier alpha value is -1.61. The first-order chi connectivity index (χ1) is 7.38. The van der Waals surface area contributed by atoms with Gasteiger partial charge in [0.1, 0.15) is 11.5 Å². The van der Waals surface area contributed by atoms with Gasteiger partial charge in [0.25, 0.3) is 0 Å². The quantitative estimate of drug-likeness (QED) is 0.823. The molecule has 2 aromatic heterocycles. The second kappa shape index (κ2) is 4.75. The van der Waals surface area contributed by atoms with Gasteiger partial charge in [0.15, 0.2) is 0 Å². The molecule has 0 aliphatic heterocycles. The summed E-state index contributed by atoms with van der Waals surface area (Å²) in [7, 11) is 1.90. The Kier molecular flexibility index (Phi) is 3.15. The maximum absolute atomic E-state index is 5.63. The van der Waals surface area contributed by atoms with E-state index >= 15 is 0 Å². The smallest absolute Gasteiger partial charge is 0.117 e. The largest absolute Gasteiger partial charge is 0.464 e. The summed E-state index contributed by atoms with van der Waals surface area (Å²) < 4.78 is 5.63. The van der Waals surface area contributed by atoms with Crippen LogP contribution in [0.1, 0.15) is 17.2 Å². The van der Waals surface area contributed by atoms with Crippen molar-refractivity contribution in [2.45, 2.75) is 13.0 Å². The van der Waals surface area contributed by atoms with E-state index in [1.807, 2.05) is 37.4 Å². The van der Waals surface area contributed by atoms with E-state index in [1.165, 1.54) is 0 Å². The van der Waals surface area contributed by atoms with Crippen molar-refractivity contribution < 1.29 is 4.42 Å². The lowest BCUT2D eigenvalue weighted by Gasteiger charge is -1.97. The number of hydrogen-bond acceptors (Lipinski definition) is 3. The highest BCUT2D eigenvalue weighted by Gasteiger charge is 2.02. The van der Waals surface area contributed by atoms with Gasteiger partial charge in [0.05, 0.1) is 6.54 Å². The van der Waals surface area contributed by atoms with Gasteiger partial charge < -0.3 is 9.73 Å². The van der Waals surface area contributed by atoms with Gasteiger partial charge in [-0.1, -0.05) is 6.07 Å². The molecular formula is C12H14N2O. The fraction of sp³-hybridized carbons (Fsp3) is 0.250. The summed E-state index contributed by atoms with van der Waals surface area (Å²) in [6.07, 6.45) is 2.55. The number of furan rings is 1. The third-order valence-electron chi connectivity index (χ3n) is 2.15. The molecule has 0 fully saturated rings. The summed E-state index contributed by atoms with van der Waals surface area (Å²) in [6, 6.07) is 9.90. The van der Waals surface area contributed by atoms with Crippen molar-refractivity contribution in [3.8, 4) is 0 Å². The standard InChI is InChI=1S/C12H14N2O/c1-13-9-12-6-5-11(15-12)8-10-4-2-3-7-14-10/h2-7,13H,8-9H2,1H3. The van der Waals surface area contributed by atoms with Crippen molar-refractivity contribution in [1.82, 2.24) is 10.3 Å². The van der Waals surface area contributed by atoms with Gasteiger partial charge in [-0.25, -0.2) is 0 Å². The number of pyridine rings is 1. The number of nitrogens with zero attached hydrogens (tertiary/aromatic N) is 1. The molecule has 0 bridgehead atoms. The zero-order valence-corrected chi connectivity index (χ0v) is 8.73. The summed E-state index contributed by atoms with van der Waals surface area (Å²) in [4.78, 5) is 4.25. The summed E-state index contributed by atoms with van der Waals surface area (Å²) >= 11 is 0. The number of aromatic nitrogens is 1. The molecule has 15 heavy (non-hydrogen) atoms. The normalized spacial score (nSPS) is 10.5. The molecule has 2 aromatic rings. The average molecular weight is 202 g/mol. The van der Waals surface area contributed by atoms with Crippen LogP contribution < -0.4 is 5.32 Å². The van der Waals surface area contributed by atoms with E-state index in [1.54, 1.807) is 6.20 Å². The predicted molar refractivity (Wildman–Crippen MR) is 58.5 cm³/mol. The van der Waals surface area contributed by atoms with Crippen LogP contribution in [-0.2, 0) is 13.0 Å². The van der Waals surface area contributed by atoms with Crippen molar-refractivity contribution >= 4 is 0 Å². The molecule has 0 aliphatic carbocycles. The lowest BCUT2D eigenvalue weighted by atomic mass is 10.2. The molecule has 2 rings (SSSR count). The number of rotatable bonds is 4. The van der Waals surface area contributed by atoms with Crippen LogP contribution in [0.5, 0.6) is 0 Å². The second-order valence-corrected chi connectivity index (χ2v) is 3.40. The Balaban J connectivity index is 2.05. The highest BCUT2D eigenvalue weighted by atomic mass is 16.3. The molecule has 0 unspecified atom stereocenters. The Morgan fingerprint density at radius 2 is 2.07 bits per heavy atom. The van der Waals surface area contributed by atoms with E-state index in [0.29, 0.717) is 0 Å². The SMILES string of the molecule is CNCc1ccc(Cc2ccccn2)o1. The van der Waals surface area contributed by atoms with Gasteiger partial charge >= 0.3 is 0 Å². The molecule has 78 valence electrons. The molecule has 3 heteroatoms. The highest BCUT2D eigenvalue weighted by Crippen LogP contribution is 2.11. The maximum Gasteiger partial charge on any atom is 0.117 e. The fourth-order valence-corrected chi connectivity index (χ4v) is 1.47. The van der Waals surface area contributed by atoms with Crippen LogP contribution in [0.2, 0.25) is 0 Å². The Labute approximate surface area is 89.1 Å². The molecule has 0 saturated carbocycles. The minimum absolute atomic E-state index is 0.755. The molecule has 0 saturated heterocycles. The lowest BCUT2D eigenvalue weighted by Crippen LogP contribution is -2.03. The minimum Gasteiger partial charge on any atom is -0.464 e. The van der Waals surface area contributed by atoms with Gasteiger partial charge in [-0.2, -0.15) is 0 Å². The van der Waals surface area contributed by atoms with E-state index in [9.17, 15) is 0 Å². The van der Waals surface area contributed by atoms with E-state index < -0.39 is 0 Å². The molecule has 0 amide bonds. The molecule has 3 nitrogen and oxygen atoms in total.